The average molecular weight is 425 g/mol. The van der Waals surface area contributed by atoms with Crippen LogP contribution in [-0.4, -0.2) is 43.5 Å². The van der Waals surface area contributed by atoms with Gasteiger partial charge in [0.1, 0.15) is 0 Å². The summed E-state index contributed by atoms with van der Waals surface area (Å²) in [5.41, 5.74) is 2.17. The molecule has 1 aromatic carbocycles. The van der Waals surface area contributed by atoms with Gasteiger partial charge in [-0.25, -0.2) is 9.97 Å². The second kappa shape index (κ2) is 6.56. The van der Waals surface area contributed by atoms with Crippen LogP contribution in [0.3, 0.4) is 0 Å². The molecule has 3 fully saturated rings. The summed E-state index contributed by atoms with van der Waals surface area (Å²) in [6.45, 7) is 3.64. The van der Waals surface area contributed by atoms with Crippen LogP contribution < -0.4 is 10.2 Å². The van der Waals surface area contributed by atoms with E-state index in [1.807, 2.05) is 30.1 Å². The lowest BCUT2D eigenvalue weighted by Crippen LogP contribution is -2.52. The molecule has 3 heterocycles. The lowest BCUT2D eigenvalue weighted by atomic mass is 9.82. The van der Waals surface area contributed by atoms with Gasteiger partial charge in [-0.1, -0.05) is 11.6 Å². The zero-order valence-corrected chi connectivity index (χ0v) is 17.7. The summed E-state index contributed by atoms with van der Waals surface area (Å²) < 4.78 is 2.00. The third-order valence-electron chi connectivity index (χ3n) is 7.17. The second-order valence-corrected chi connectivity index (χ2v) is 9.63. The molecule has 0 amide bonds. The highest BCUT2D eigenvalue weighted by atomic mass is 35.5. The van der Waals surface area contributed by atoms with E-state index >= 15 is 0 Å². The van der Waals surface area contributed by atoms with Crippen LogP contribution in [-0.2, 0) is 0 Å². The molecule has 156 valence electrons. The van der Waals surface area contributed by atoms with Crippen molar-refractivity contribution in [2.45, 2.75) is 44.2 Å². The minimum atomic E-state index is -0.565. The smallest absolute Gasteiger partial charge is 0.227 e. The summed E-state index contributed by atoms with van der Waals surface area (Å²) in [5, 5.41) is 20.1. The molecule has 6 rings (SSSR count). The standard InChI is InChI=1S/C22H25ClN6O/c1-22(30)14-2-3-15(22)11-28(10-14)20-7-19-13(6-18(20)23)8-24-21(27-19)26-16-9-25-29(12-16)17-4-5-17/h6-9,12,14-15,17,30H,2-5,10-11H2,1H3,(H,24,26,27). The molecule has 8 heteroatoms. The van der Waals surface area contributed by atoms with E-state index in [1.165, 1.54) is 12.8 Å². The normalized spacial score (nSPS) is 28.3. The summed E-state index contributed by atoms with van der Waals surface area (Å²) in [6.07, 6.45) is 10.2. The van der Waals surface area contributed by atoms with Crippen molar-refractivity contribution in [3.8, 4) is 0 Å². The Bertz CT molecular complexity index is 1110. The Morgan fingerprint density at radius 3 is 2.63 bits per heavy atom. The van der Waals surface area contributed by atoms with Gasteiger partial charge in [0.2, 0.25) is 5.95 Å². The maximum Gasteiger partial charge on any atom is 0.227 e. The molecule has 1 saturated heterocycles. The zero-order chi connectivity index (χ0) is 20.5. The first-order chi connectivity index (χ1) is 14.5. The molecule has 7 nitrogen and oxygen atoms in total. The topological polar surface area (TPSA) is 79.1 Å². The molecule has 3 aliphatic rings. The van der Waals surface area contributed by atoms with E-state index in [4.69, 9.17) is 16.6 Å². The quantitative estimate of drug-likeness (QED) is 0.654. The van der Waals surface area contributed by atoms with Crippen LogP contribution in [0.5, 0.6) is 0 Å². The van der Waals surface area contributed by atoms with Gasteiger partial charge in [0, 0.05) is 42.7 Å². The van der Waals surface area contributed by atoms with Gasteiger partial charge in [-0.05, 0) is 44.7 Å². The monoisotopic (exact) mass is 424 g/mol. The van der Waals surface area contributed by atoms with Crippen LogP contribution in [0, 0.1) is 11.8 Å². The van der Waals surface area contributed by atoms with Crippen molar-refractivity contribution in [2.24, 2.45) is 11.8 Å². The van der Waals surface area contributed by atoms with E-state index in [1.54, 1.807) is 6.20 Å². The van der Waals surface area contributed by atoms with Gasteiger partial charge >= 0.3 is 0 Å². The first-order valence-electron chi connectivity index (χ1n) is 10.7. The fourth-order valence-electron chi connectivity index (χ4n) is 5.09. The Balaban J connectivity index is 1.29. The molecule has 0 radical (unpaired) electrons. The number of aliphatic hydroxyl groups is 1. The van der Waals surface area contributed by atoms with Crippen molar-refractivity contribution in [3.63, 3.8) is 0 Å². The van der Waals surface area contributed by atoms with E-state index in [-0.39, 0.29) is 11.8 Å². The van der Waals surface area contributed by atoms with Crippen molar-refractivity contribution < 1.29 is 5.11 Å². The van der Waals surface area contributed by atoms with E-state index < -0.39 is 5.60 Å². The Labute approximate surface area is 180 Å². The molecule has 0 spiro atoms. The highest BCUT2D eigenvalue weighted by molar-refractivity contribution is 6.34. The number of rotatable bonds is 4. The summed E-state index contributed by atoms with van der Waals surface area (Å²) >= 11 is 6.64. The molecule has 2 bridgehead atoms. The summed E-state index contributed by atoms with van der Waals surface area (Å²) in [5.74, 6) is 1.12. The van der Waals surface area contributed by atoms with Crippen LogP contribution in [0.1, 0.15) is 38.6 Å². The predicted octanol–water partition coefficient (Wildman–Crippen LogP) is 4.16. The van der Waals surface area contributed by atoms with Crippen molar-refractivity contribution in [1.29, 1.82) is 0 Å². The third kappa shape index (κ3) is 3.03. The second-order valence-electron chi connectivity index (χ2n) is 9.22. The lowest BCUT2D eigenvalue weighted by Gasteiger charge is -2.43. The number of fused-ring (bicyclic) bond motifs is 3. The number of piperidine rings is 1. The van der Waals surface area contributed by atoms with Gasteiger partial charge in [0.05, 0.1) is 39.8 Å². The third-order valence-corrected chi connectivity index (χ3v) is 7.47. The van der Waals surface area contributed by atoms with Crippen LogP contribution >= 0.6 is 11.6 Å². The van der Waals surface area contributed by atoms with E-state index in [0.29, 0.717) is 17.0 Å². The lowest BCUT2D eigenvalue weighted by molar-refractivity contribution is -0.0271. The van der Waals surface area contributed by atoms with E-state index in [9.17, 15) is 5.11 Å². The fraction of sp³-hybridized carbons (Fsp3) is 0.500. The molecular formula is C22H25ClN6O. The zero-order valence-electron chi connectivity index (χ0n) is 16.9. The molecule has 30 heavy (non-hydrogen) atoms. The Kier molecular flexibility index (Phi) is 4.02. The van der Waals surface area contributed by atoms with Crippen molar-refractivity contribution in [3.05, 3.63) is 35.7 Å². The highest BCUT2D eigenvalue weighted by Gasteiger charge is 2.49. The van der Waals surface area contributed by atoms with Gasteiger partial charge in [0.15, 0.2) is 0 Å². The maximum atomic E-state index is 10.8. The highest BCUT2D eigenvalue weighted by Crippen LogP contribution is 2.47. The molecule has 2 aromatic heterocycles. The van der Waals surface area contributed by atoms with Crippen molar-refractivity contribution in [1.82, 2.24) is 19.7 Å². The average Bonchev–Trinajstić information content (AvgIpc) is 3.45. The number of hydrogen-bond donors (Lipinski definition) is 2. The number of nitrogens with zero attached hydrogens (tertiary/aromatic N) is 5. The molecule has 2 saturated carbocycles. The number of anilines is 3. The van der Waals surface area contributed by atoms with Crippen LogP contribution in [0.4, 0.5) is 17.3 Å². The molecule has 2 N–H and O–H groups in total. The van der Waals surface area contributed by atoms with E-state index in [2.05, 4.69) is 26.4 Å². The Hall–Kier alpha value is -2.38. The fourth-order valence-corrected chi connectivity index (χ4v) is 5.38. The minimum Gasteiger partial charge on any atom is -0.389 e. The van der Waals surface area contributed by atoms with Gasteiger partial charge in [0.25, 0.3) is 0 Å². The Morgan fingerprint density at radius 1 is 1.13 bits per heavy atom. The predicted molar refractivity (Wildman–Crippen MR) is 117 cm³/mol. The van der Waals surface area contributed by atoms with Gasteiger partial charge in [-0.3, -0.25) is 4.68 Å². The van der Waals surface area contributed by atoms with Crippen molar-refractivity contribution in [2.75, 3.05) is 23.3 Å². The summed E-state index contributed by atoms with van der Waals surface area (Å²) in [4.78, 5) is 11.5. The first kappa shape index (κ1) is 18.4. The molecular weight excluding hydrogens is 400 g/mol. The van der Waals surface area contributed by atoms with Gasteiger partial charge < -0.3 is 15.3 Å². The number of aromatic nitrogens is 4. The molecule has 2 atom stereocenters. The van der Waals surface area contributed by atoms with Crippen LogP contribution in [0.25, 0.3) is 10.9 Å². The number of hydrogen-bond acceptors (Lipinski definition) is 6. The minimum absolute atomic E-state index is 0.286. The molecule has 3 aromatic rings. The Morgan fingerprint density at radius 2 is 1.90 bits per heavy atom. The number of benzene rings is 1. The van der Waals surface area contributed by atoms with Crippen LogP contribution in [0.15, 0.2) is 30.7 Å². The SMILES string of the molecule is CC1(O)C2CCC1CN(c1cc3nc(Nc4cnn(C5CC5)c4)ncc3cc1Cl)C2. The van der Waals surface area contributed by atoms with E-state index in [0.717, 1.165) is 48.2 Å². The number of halogens is 1. The maximum absolute atomic E-state index is 10.8. The van der Waals surface area contributed by atoms with Crippen LogP contribution in [0.2, 0.25) is 5.02 Å². The molecule has 2 unspecified atom stereocenters. The van der Waals surface area contributed by atoms with Crippen molar-refractivity contribution >= 4 is 39.8 Å². The number of nitrogens with one attached hydrogen (secondary N) is 1. The van der Waals surface area contributed by atoms with Gasteiger partial charge in [-0.15, -0.1) is 0 Å². The molecule has 2 aliphatic carbocycles. The largest absolute Gasteiger partial charge is 0.389 e. The molecule has 1 aliphatic heterocycles. The summed E-state index contributed by atoms with van der Waals surface area (Å²) in [7, 11) is 0. The summed E-state index contributed by atoms with van der Waals surface area (Å²) in [6, 6.07) is 4.54. The van der Waals surface area contributed by atoms with Gasteiger partial charge in [-0.2, -0.15) is 5.10 Å². The first-order valence-corrected chi connectivity index (χ1v) is 11.1.